The van der Waals surface area contributed by atoms with Crippen molar-refractivity contribution < 1.29 is 18.0 Å². The van der Waals surface area contributed by atoms with Gasteiger partial charge in [0.25, 0.3) is 5.91 Å². The molecule has 0 spiro atoms. The Labute approximate surface area is 152 Å². The summed E-state index contributed by atoms with van der Waals surface area (Å²) < 4.78 is 40.8. The third-order valence-corrected chi connectivity index (χ3v) is 4.46. The molecule has 3 heterocycles. The fourth-order valence-electron chi connectivity index (χ4n) is 3.27. The second kappa shape index (κ2) is 6.49. The lowest BCUT2D eigenvalue weighted by Gasteiger charge is -2.36. The number of hydrogen-bond acceptors (Lipinski definition) is 4. The number of pyridine rings is 1. The summed E-state index contributed by atoms with van der Waals surface area (Å²) >= 11 is 0. The van der Waals surface area contributed by atoms with Crippen molar-refractivity contribution in [1.82, 2.24) is 24.6 Å². The molecular weight excluding hydrogens is 359 g/mol. The fraction of sp³-hybridized carbons (Fsp3) is 0.222. The van der Waals surface area contributed by atoms with Crippen molar-refractivity contribution in [2.24, 2.45) is 0 Å². The van der Waals surface area contributed by atoms with Crippen LogP contribution in [0.15, 0.2) is 54.9 Å². The van der Waals surface area contributed by atoms with E-state index in [1.165, 1.54) is 17.3 Å². The summed E-state index contributed by atoms with van der Waals surface area (Å²) in [5.41, 5.74) is 1.08. The Morgan fingerprint density at radius 1 is 1.00 bits per heavy atom. The lowest BCUT2D eigenvalue weighted by Crippen LogP contribution is -2.43. The first-order valence-corrected chi connectivity index (χ1v) is 8.23. The molecule has 1 atom stereocenters. The van der Waals surface area contributed by atoms with E-state index in [1.54, 1.807) is 42.5 Å². The van der Waals surface area contributed by atoms with Crippen LogP contribution in [-0.2, 0) is 12.7 Å². The van der Waals surface area contributed by atoms with Crippen LogP contribution >= 0.6 is 0 Å². The van der Waals surface area contributed by atoms with Crippen LogP contribution in [0, 0.1) is 0 Å². The predicted octanol–water partition coefficient (Wildman–Crippen LogP) is 2.94. The third kappa shape index (κ3) is 3.05. The molecule has 0 radical (unpaired) electrons. The van der Waals surface area contributed by atoms with Gasteiger partial charge in [0.2, 0.25) is 5.82 Å². The summed E-state index contributed by atoms with van der Waals surface area (Å²) in [6.07, 6.45) is -1.61. The Kier molecular flexibility index (Phi) is 4.14. The molecule has 4 rings (SSSR count). The molecule has 0 aliphatic carbocycles. The molecule has 6 nitrogen and oxygen atoms in total. The van der Waals surface area contributed by atoms with Crippen LogP contribution in [0.3, 0.4) is 0 Å². The molecule has 1 aromatic carbocycles. The van der Waals surface area contributed by atoms with Gasteiger partial charge in [-0.05, 0) is 17.7 Å². The van der Waals surface area contributed by atoms with Crippen LogP contribution in [0.1, 0.15) is 33.6 Å². The van der Waals surface area contributed by atoms with Gasteiger partial charge in [0.15, 0.2) is 5.82 Å². The number of amides is 1. The highest BCUT2D eigenvalue weighted by molar-refractivity contribution is 5.94. The van der Waals surface area contributed by atoms with E-state index in [9.17, 15) is 18.0 Å². The second-order valence-electron chi connectivity index (χ2n) is 6.08. The van der Waals surface area contributed by atoms with Gasteiger partial charge in [-0.15, -0.1) is 10.2 Å². The summed E-state index contributed by atoms with van der Waals surface area (Å²) in [5, 5.41) is 7.15. The molecule has 0 saturated carbocycles. The minimum atomic E-state index is -4.61. The van der Waals surface area contributed by atoms with Crippen molar-refractivity contribution in [2.75, 3.05) is 6.54 Å². The van der Waals surface area contributed by atoms with Gasteiger partial charge in [-0.1, -0.05) is 30.3 Å². The molecule has 0 bridgehead atoms. The summed E-state index contributed by atoms with van der Waals surface area (Å²) in [6.45, 7) is 0.0756. The first kappa shape index (κ1) is 17.2. The number of halogens is 3. The number of alkyl halides is 3. The van der Waals surface area contributed by atoms with Crippen LogP contribution < -0.4 is 0 Å². The van der Waals surface area contributed by atoms with Crippen LogP contribution in [0.5, 0.6) is 0 Å². The molecule has 1 aliphatic heterocycles. The molecule has 3 aromatic rings. The average Bonchev–Trinajstić information content (AvgIpc) is 3.12. The Hall–Kier alpha value is -3.23. The Morgan fingerprint density at radius 3 is 2.37 bits per heavy atom. The Balaban J connectivity index is 1.82. The van der Waals surface area contributed by atoms with E-state index >= 15 is 0 Å². The van der Waals surface area contributed by atoms with Gasteiger partial charge < -0.3 is 9.47 Å². The zero-order valence-electron chi connectivity index (χ0n) is 14.0. The van der Waals surface area contributed by atoms with Gasteiger partial charge in [-0.3, -0.25) is 9.78 Å². The van der Waals surface area contributed by atoms with Crippen LogP contribution in [0.25, 0.3) is 0 Å². The number of carbonyl (C=O) groups is 1. The average molecular weight is 373 g/mol. The predicted molar refractivity (Wildman–Crippen MR) is 88.6 cm³/mol. The standard InChI is InChI=1S/C18H14F3N5O/c19-18(20,21)17-24-23-15-14(12-4-2-1-3-5-12)25(10-11-26(15)17)16(27)13-6-8-22-9-7-13/h1-9,14H,10-11H2. The molecule has 2 aromatic heterocycles. The van der Waals surface area contributed by atoms with Crippen LogP contribution in [-0.4, -0.2) is 37.1 Å². The number of aromatic nitrogens is 4. The minimum absolute atomic E-state index is 0.0304. The molecule has 0 N–H and O–H groups in total. The summed E-state index contributed by atoms with van der Waals surface area (Å²) in [5.74, 6) is -1.24. The third-order valence-electron chi connectivity index (χ3n) is 4.46. The van der Waals surface area contributed by atoms with Crippen molar-refractivity contribution >= 4 is 5.91 Å². The van der Waals surface area contributed by atoms with E-state index in [2.05, 4.69) is 15.2 Å². The minimum Gasteiger partial charge on any atom is -0.322 e. The Morgan fingerprint density at radius 2 is 1.70 bits per heavy atom. The van der Waals surface area contributed by atoms with Crippen molar-refractivity contribution in [3.8, 4) is 0 Å². The zero-order chi connectivity index (χ0) is 19.0. The number of nitrogens with zero attached hydrogens (tertiary/aromatic N) is 5. The zero-order valence-corrected chi connectivity index (χ0v) is 14.0. The smallest absolute Gasteiger partial charge is 0.322 e. The molecule has 1 unspecified atom stereocenters. The number of benzene rings is 1. The van der Waals surface area contributed by atoms with Crippen LogP contribution in [0.4, 0.5) is 13.2 Å². The highest BCUT2D eigenvalue weighted by Gasteiger charge is 2.43. The lowest BCUT2D eigenvalue weighted by molar-refractivity contribution is -0.148. The first-order valence-electron chi connectivity index (χ1n) is 8.23. The number of rotatable bonds is 2. The topological polar surface area (TPSA) is 63.9 Å². The van der Waals surface area contributed by atoms with E-state index in [1.807, 2.05) is 0 Å². The normalized spacial score (nSPS) is 16.9. The van der Waals surface area contributed by atoms with Crippen molar-refractivity contribution in [3.63, 3.8) is 0 Å². The number of fused-ring (bicyclic) bond motifs is 1. The van der Waals surface area contributed by atoms with Gasteiger partial charge in [0, 0.05) is 31.0 Å². The van der Waals surface area contributed by atoms with Gasteiger partial charge in [-0.2, -0.15) is 13.2 Å². The Bertz CT molecular complexity index is 956. The number of hydrogen-bond donors (Lipinski definition) is 0. The summed E-state index contributed by atoms with van der Waals surface area (Å²) in [6, 6.07) is 11.2. The van der Waals surface area contributed by atoms with Gasteiger partial charge >= 0.3 is 6.18 Å². The van der Waals surface area contributed by atoms with E-state index in [0.29, 0.717) is 11.1 Å². The maximum absolute atomic E-state index is 13.2. The maximum atomic E-state index is 13.2. The first-order chi connectivity index (χ1) is 13.0. The summed E-state index contributed by atoms with van der Waals surface area (Å²) in [7, 11) is 0. The molecule has 9 heteroatoms. The molecule has 1 amide bonds. The number of carbonyl (C=O) groups excluding carboxylic acids is 1. The maximum Gasteiger partial charge on any atom is 0.451 e. The van der Waals surface area contributed by atoms with Crippen molar-refractivity contribution in [2.45, 2.75) is 18.8 Å². The monoisotopic (exact) mass is 373 g/mol. The molecular formula is C18H14F3N5O. The van der Waals surface area contributed by atoms with Gasteiger partial charge in [0.1, 0.15) is 6.04 Å². The van der Waals surface area contributed by atoms with E-state index in [4.69, 9.17) is 0 Å². The molecule has 27 heavy (non-hydrogen) atoms. The van der Waals surface area contributed by atoms with E-state index in [-0.39, 0.29) is 24.8 Å². The SMILES string of the molecule is O=C(c1ccncc1)N1CCn2c(nnc2C(F)(F)F)C1c1ccccc1. The van der Waals surface area contributed by atoms with Crippen molar-refractivity contribution in [1.29, 1.82) is 0 Å². The van der Waals surface area contributed by atoms with Gasteiger partial charge in [-0.25, -0.2) is 0 Å². The highest BCUT2D eigenvalue weighted by Crippen LogP contribution is 2.36. The van der Waals surface area contributed by atoms with E-state index < -0.39 is 18.0 Å². The second-order valence-corrected chi connectivity index (χ2v) is 6.08. The molecule has 138 valence electrons. The van der Waals surface area contributed by atoms with Crippen molar-refractivity contribution in [3.05, 3.63) is 77.6 Å². The lowest BCUT2D eigenvalue weighted by atomic mass is 10.0. The largest absolute Gasteiger partial charge is 0.451 e. The molecule has 0 saturated heterocycles. The highest BCUT2D eigenvalue weighted by atomic mass is 19.4. The molecule has 1 aliphatic rings. The summed E-state index contributed by atoms with van der Waals surface area (Å²) in [4.78, 5) is 18.4. The quantitative estimate of drug-likeness (QED) is 0.693. The van der Waals surface area contributed by atoms with E-state index in [0.717, 1.165) is 4.57 Å². The fourth-order valence-corrected chi connectivity index (χ4v) is 3.27. The van der Waals surface area contributed by atoms with Crippen LogP contribution in [0.2, 0.25) is 0 Å². The molecule has 0 fully saturated rings. The van der Waals surface area contributed by atoms with Gasteiger partial charge in [0.05, 0.1) is 0 Å².